The molecule has 0 unspecified atom stereocenters. The van der Waals surface area contributed by atoms with Gasteiger partial charge in [-0.1, -0.05) is 12.1 Å². The summed E-state index contributed by atoms with van der Waals surface area (Å²) >= 11 is 0. The molecule has 6 nitrogen and oxygen atoms in total. The number of hydrogen-bond acceptors (Lipinski definition) is 4. The molecule has 18 heavy (non-hydrogen) atoms. The fraction of sp³-hybridized carbons (Fsp3) is 0.250. The van der Waals surface area contributed by atoms with Crippen LogP contribution in [0.5, 0.6) is 0 Å². The lowest BCUT2D eigenvalue weighted by Gasteiger charge is -2.09. The zero-order valence-electron chi connectivity index (χ0n) is 9.91. The Kier molecular flexibility index (Phi) is 3.38. The minimum atomic E-state index is -0.389. The van der Waals surface area contributed by atoms with Gasteiger partial charge >= 0.3 is 0 Å². The Labute approximate surface area is 104 Å². The number of imidazole rings is 1. The third-order valence-electron chi connectivity index (χ3n) is 2.90. The van der Waals surface area contributed by atoms with Crippen LogP contribution >= 0.6 is 0 Å². The van der Waals surface area contributed by atoms with Crippen LogP contribution in [0.4, 0.5) is 5.69 Å². The summed E-state index contributed by atoms with van der Waals surface area (Å²) in [7, 11) is 0. The molecule has 0 amide bonds. The van der Waals surface area contributed by atoms with Crippen molar-refractivity contribution in [3.05, 3.63) is 57.7 Å². The molecular weight excluding hydrogens is 234 g/mol. The normalized spacial score (nSPS) is 10.6. The smallest absolute Gasteiger partial charge is 0.272 e. The first-order valence-corrected chi connectivity index (χ1v) is 5.47. The molecule has 0 aliphatic carbocycles. The summed E-state index contributed by atoms with van der Waals surface area (Å²) in [4.78, 5) is 14.5. The van der Waals surface area contributed by atoms with Crippen LogP contribution in [-0.4, -0.2) is 19.6 Å². The highest BCUT2D eigenvalue weighted by molar-refractivity contribution is 5.44. The first-order valence-electron chi connectivity index (χ1n) is 5.47. The molecule has 2 aromatic rings. The van der Waals surface area contributed by atoms with Crippen molar-refractivity contribution in [2.45, 2.75) is 20.1 Å². The van der Waals surface area contributed by atoms with E-state index < -0.39 is 0 Å². The Morgan fingerprint density at radius 3 is 2.94 bits per heavy atom. The van der Waals surface area contributed by atoms with E-state index in [0.717, 1.165) is 5.56 Å². The molecule has 94 valence electrons. The second kappa shape index (κ2) is 4.97. The highest BCUT2D eigenvalue weighted by atomic mass is 16.6. The van der Waals surface area contributed by atoms with Gasteiger partial charge in [0.15, 0.2) is 0 Å². The highest BCUT2D eigenvalue weighted by Crippen LogP contribution is 2.22. The maximum Gasteiger partial charge on any atom is 0.272 e. The molecule has 1 aromatic heterocycles. The zero-order chi connectivity index (χ0) is 13.1. The van der Waals surface area contributed by atoms with E-state index in [-0.39, 0.29) is 17.2 Å². The minimum absolute atomic E-state index is 0.109. The van der Waals surface area contributed by atoms with E-state index in [1.165, 1.54) is 6.07 Å². The Morgan fingerprint density at radius 1 is 1.50 bits per heavy atom. The van der Waals surface area contributed by atoms with E-state index >= 15 is 0 Å². The van der Waals surface area contributed by atoms with Crippen LogP contribution in [0, 0.1) is 17.0 Å². The average Bonchev–Trinajstić information content (AvgIpc) is 2.78. The Morgan fingerprint density at radius 2 is 2.28 bits per heavy atom. The molecule has 1 heterocycles. The van der Waals surface area contributed by atoms with Crippen LogP contribution in [0.3, 0.4) is 0 Å². The predicted octanol–water partition coefficient (Wildman–Crippen LogP) is 1.64. The fourth-order valence-corrected chi connectivity index (χ4v) is 1.86. The molecule has 2 rings (SSSR count). The molecule has 0 radical (unpaired) electrons. The van der Waals surface area contributed by atoms with Gasteiger partial charge in [-0.05, 0) is 12.5 Å². The van der Waals surface area contributed by atoms with Gasteiger partial charge in [0.2, 0.25) is 0 Å². The molecule has 0 saturated heterocycles. The Bertz CT molecular complexity index is 578. The number of aromatic nitrogens is 2. The molecule has 1 aromatic carbocycles. The third kappa shape index (κ3) is 2.23. The first kappa shape index (κ1) is 12.3. The molecule has 0 aliphatic heterocycles. The van der Waals surface area contributed by atoms with Gasteiger partial charge < -0.3 is 9.67 Å². The lowest BCUT2D eigenvalue weighted by molar-refractivity contribution is -0.385. The van der Waals surface area contributed by atoms with Crippen LogP contribution < -0.4 is 0 Å². The molecule has 0 saturated carbocycles. The zero-order valence-corrected chi connectivity index (χ0v) is 9.91. The third-order valence-corrected chi connectivity index (χ3v) is 2.90. The molecule has 0 aliphatic rings. The van der Waals surface area contributed by atoms with E-state index in [0.29, 0.717) is 17.9 Å². The van der Waals surface area contributed by atoms with E-state index in [1.807, 2.05) is 6.07 Å². The molecule has 1 N–H and O–H groups in total. The second-order valence-electron chi connectivity index (χ2n) is 3.95. The van der Waals surface area contributed by atoms with Gasteiger partial charge in [-0.25, -0.2) is 4.98 Å². The maximum absolute atomic E-state index is 10.8. The molecule has 0 atom stereocenters. The van der Waals surface area contributed by atoms with Crippen LogP contribution in [0.1, 0.15) is 17.0 Å². The van der Waals surface area contributed by atoms with Gasteiger partial charge in [-0.15, -0.1) is 0 Å². The first-order chi connectivity index (χ1) is 8.63. The number of aliphatic hydroxyl groups excluding tert-OH is 1. The maximum atomic E-state index is 10.8. The predicted molar refractivity (Wildman–Crippen MR) is 65.1 cm³/mol. The number of rotatable bonds is 4. The molecular formula is C12H13N3O3. The minimum Gasteiger partial charge on any atom is -0.388 e. The van der Waals surface area contributed by atoms with Crippen molar-refractivity contribution in [2.24, 2.45) is 0 Å². The van der Waals surface area contributed by atoms with E-state index in [2.05, 4.69) is 4.98 Å². The number of nitro benzene ring substituents is 1. The van der Waals surface area contributed by atoms with Crippen molar-refractivity contribution in [3.63, 3.8) is 0 Å². The van der Waals surface area contributed by atoms with Gasteiger partial charge in [0, 0.05) is 30.6 Å². The summed E-state index contributed by atoms with van der Waals surface area (Å²) in [5.74, 6) is 0.543. The molecule has 0 spiro atoms. The van der Waals surface area contributed by atoms with Gasteiger partial charge in [0.05, 0.1) is 4.92 Å². The van der Waals surface area contributed by atoms with Gasteiger partial charge in [0.1, 0.15) is 12.4 Å². The number of nitrogens with zero attached hydrogens (tertiary/aromatic N) is 3. The largest absolute Gasteiger partial charge is 0.388 e. The van der Waals surface area contributed by atoms with Crippen molar-refractivity contribution >= 4 is 5.69 Å². The highest BCUT2D eigenvalue weighted by Gasteiger charge is 2.13. The summed E-state index contributed by atoms with van der Waals surface area (Å²) in [6.07, 6.45) is 3.34. The summed E-state index contributed by atoms with van der Waals surface area (Å²) < 4.78 is 1.77. The summed E-state index contributed by atoms with van der Waals surface area (Å²) in [5.41, 5.74) is 1.59. The average molecular weight is 247 g/mol. The van der Waals surface area contributed by atoms with E-state index in [1.54, 1.807) is 30.0 Å². The standard InChI is InChI=1S/C12H13N3O3/c1-9-10(3-2-4-11(9)15(17)18)7-14-6-5-13-12(14)8-16/h2-6,16H,7-8H2,1H3. The fourth-order valence-electron chi connectivity index (χ4n) is 1.86. The van der Waals surface area contributed by atoms with Crippen LogP contribution in [-0.2, 0) is 13.2 Å². The van der Waals surface area contributed by atoms with Crippen molar-refractivity contribution < 1.29 is 10.0 Å². The topological polar surface area (TPSA) is 81.2 Å². The number of nitro groups is 1. The molecule has 6 heteroatoms. The van der Waals surface area contributed by atoms with E-state index in [9.17, 15) is 10.1 Å². The van der Waals surface area contributed by atoms with Crippen LogP contribution in [0.15, 0.2) is 30.6 Å². The summed E-state index contributed by atoms with van der Waals surface area (Å²) in [6.45, 7) is 2.04. The number of hydrogen-bond donors (Lipinski definition) is 1. The van der Waals surface area contributed by atoms with Crippen molar-refractivity contribution in [1.82, 2.24) is 9.55 Å². The van der Waals surface area contributed by atoms with Gasteiger partial charge in [0.25, 0.3) is 5.69 Å². The monoisotopic (exact) mass is 247 g/mol. The summed E-state index contributed by atoms with van der Waals surface area (Å²) in [6, 6.07) is 4.99. The lowest BCUT2D eigenvalue weighted by Crippen LogP contribution is -2.06. The van der Waals surface area contributed by atoms with Crippen molar-refractivity contribution in [3.8, 4) is 0 Å². The Balaban J connectivity index is 2.35. The van der Waals surface area contributed by atoms with Crippen molar-refractivity contribution in [2.75, 3.05) is 0 Å². The van der Waals surface area contributed by atoms with Crippen LogP contribution in [0.2, 0.25) is 0 Å². The summed E-state index contributed by atoms with van der Waals surface area (Å²) in [5, 5.41) is 20.0. The number of aliphatic hydroxyl groups is 1. The second-order valence-corrected chi connectivity index (χ2v) is 3.95. The van der Waals surface area contributed by atoms with Crippen LogP contribution in [0.25, 0.3) is 0 Å². The Hall–Kier alpha value is -2.21. The molecule has 0 bridgehead atoms. The number of benzene rings is 1. The van der Waals surface area contributed by atoms with Gasteiger partial charge in [-0.3, -0.25) is 10.1 Å². The SMILES string of the molecule is Cc1c(Cn2ccnc2CO)cccc1[N+](=O)[O-]. The van der Waals surface area contributed by atoms with E-state index in [4.69, 9.17) is 5.11 Å². The van der Waals surface area contributed by atoms with Crippen molar-refractivity contribution in [1.29, 1.82) is 0 Å². The lowest BCUT2D eigenvalue weighted by atomic mass is 10.1. The van der Waals surface area contributed by atoms with Gasteiger partial charge in [-0.2, -0.15) is 0 Å². The quantitative estimate of drug-likeness (QED) is 0.657. The molecule has 0 fully saturated rings.